The molecule has 0 aliphatic rings. The van der Waals surface area contributed by atoms with Gasteiger partial charge in [-0.25, -0.2) is 4.79 Å². The standard InChI is InChI=1S/C11H18N4O3/c1-13(2)10(17)7-12-6-8-5-9(16)15(4)11(18)14(8)3/h5,12H,6-7H2,1-4H3. The van der Waals surface area contributed by atoms with Crippen LogP contribution in [-0.4, -0.2) is 40.6 Å². The first-order valence-electron chi connectivity index (χ1n) is 5.51. The minimum Gasteiger partial charge on any atom is -0.348 e. The van der Waals surface area contributed by atoms with Crippen molar-refractivity contribution in [1.82, 2.24) is 19.4 Å². The van der Waals surface area contributed by atoms with Crippen LogP contribution in [0.2, 0.25) is 0 Å². The molecular weight excluding hydrogens is 236 g/mol. The van der Waals surface area contributed by atoms with Crippen molar-refractivity contribution in [2.75, 3.05) is 20.6 Å². The Morgan fingerprint density at radius 3 is 2.44 bits per heavy atom. The molecule has 0 bridgehead atoms. The number of carbonyl (C=O) groups is 1. The molecule has 0 atom stereocenters. The molecule has 1 heterocycles. The quantitative estimate of drug-likeness (QED) is 0.692. The van der Waals surface area contributed by atoms with E-state index in [2.05, 4.69) is 5.32 Å². The monoisotopic (exact) mass is 254 g/mol. The molecule has 1 N–H and O–H groups in total. The molecule has 0 fully saturated rings. The summed E-state index contributed by atoms with van der Waals surface area (Å²) in [5, 5.41) is 2.90. The van der Waals surface area contributed by atoms with Crippen molar-refractivity contribution in [1.29, 1.82) is 0 Å². The molecule has 18 heavy (non-hydrogen) atoms. The van der Waals surface area contributed by atoms with Gasteiger partial charge in [-0.2, -0.15) is 0 Å². The van der Waals surface area contributed by atoms with Crippen molar-refractivity contribution in [2.45, 2.75) is 6.54 Å². The van der Waals surface area contributed by atoms with Gasteiger partial charge in [0.2, 0.25) is 5.91 Å². The Hall–Kier alpha value is -1.89. The van der Waals surface area contributed by atoms with Gasteiger partial charge < -0.3 is 10.2 Å². The highest BCUT2D eigenvalue weighted by atomic mass is 16.2. The topological polar surface area (TPSA) is 76.3 Å². The Labute approximate surface area is 105 Å². The highest BCUT2D eigenvalue weighted by Crippen LogP contribution is 1.89. The lowest BCUT2D eigenvalue weighted by atomic mass is 10.3. The summed E-state index contributed by atoms with van der Waals surface area (Å²) in [4.78, 5) is 35.9. The zero-order valence-corrected chi connectivity index (χ0v) is 11.1. The Balaban J connectivity index is 2.78. The molecule has 0 unspecified atom stereocenters. The number of carbonyl (C=O) groups excluding carboxylic acids is 1. The van der Waals surface area contributed by atoms with E-state index in [-0.39, 0.29) is 23.7 Å². The van der Waals surface area contributed by atoms with E-state index >= 15 is 0 Å². The van der Waals surface area contributed by atoms with E-state index in [1.54, 1.807) is 21.1 Å². The van der Waals surface area contributed by atoms with Crippen LogP contribution in [0.4, 0.5) is 0 Å². The van der Waals surface area contributed by atoms with Gasteiger partial charge >= 0.3 is 5.69 Å². The molecule has 1 aromatic rings. The lowest BCUT2D eigenvalue weighted by Gasteiger charge is -2.12. The van der Waals surface area contributed by atoms with Gasteiger partial charge in [0.15, 0.2) is 0 Å². The highest BCUT2D eigenvalue weighted by Gasteiger charge is 2.07. The highest BCUT2D eigenvalue weighted by molar-refractivity contribution is 5.77. The third kappa shape index (κ3) is 3.07. The smallest absolute Gasteiger partial charge is 0.330 e. The van der Waals surface area contributed by atoms with Crippen LogP contribution in [0.1, 0.15) is 5.69 Å². The van der Waals surface area contributed by atoms with Crippen LogP contribution in [0.3, 0.4) is 0 Å². The van der Waals surface area contributed by atoms with Gasteiger partial charge in [-0.15, -0.1) is 0 Å². The van der Waals surface area contributed by atoms with E-state index in [0.717, 1.165) is 4.57 Å². The third-order valence-corrected chi connectivity index (χ3v) is 2.71. The molecule has 7 nitrogen and oxygen atoms in total. The maximum atomic E-state index is 11.6. The van der Waals surface area contributed by atoms with Crippen LogP contribution < -0.4 is 16.6 Å². The molecule has 0 saturated heterocycles. The van der Waals surface area contributed by atoms with Crippen LogP contribution in [0.15, 0.2) is 15.7 Å². The van der Waals surface area contributed by atoms with Crippen molar-refractivity contribution < 1.29 is 4.79 Å². The van der Waals surface area contributed by atoms with E-state index in [4.69, 9.17) is 0 Å². The van der Waals surface area contributed by atoms with Gasteiger partial charge in [-0.1, -0.05) is 0 Å². The van der Waals surface area contributed by atoms with Crippen molar-refractivity contribution in [3.63, 3.8) is 0 Å². The number of nitrogens with zero attached hydrogens (tertiary/aromatic N) is 3. The van der Waals surface area contributed by atoms with Crippen molar-refractivity contribution in [2.24, 2.45) is 14.1 Å². The minimum atomic E-state index is -0.377. The summed E-state index contributed by atoms with van der Waals surface area (Å²) in [6.07, 6.45) is 0. The number of hydrogen-bond donors (Lipinski definition) is 1. The van der Waals surface area contributed by atoms with Crippen molar-refractivity contribution in [3.05, 3.63) is 32.6 Å². The number of hydrogen-bond acceptors (Lipinski definition) is 4. The second-order valence-corrected chi connectivity index (χ2v) is 4.27. The predicted molar refractivity (Wildman–Crippen MR) is 67.3 cm³/mol. The van der Waals surface area contributed by atoms with Crippen LogP contribution >= 0.6 is 0 Å². The van der Waals surface area contributed by atoms with Crippen LogP contribution in [0.5, 0.6) is 0 Å². The van der Waals surface area contributed by atoms with Crippen molar-refractivity contribution in [3.8, 4) is 0 Å². The number of nitrogens with one attached hydrogen (secondary N) is 1. The predicted octanol–water partition coefficient (Wildman–Crippen LogP) is -1.74. The molecular formula is C11H18N4O3. The molecule has 0 aromatic carbocycles. The van der Waals surface area contributed by atoms with E-state index in [1.165, 1.54) is 22.6 Å². The maximum absolute atomic E-state index is 11.6. The molecule has 7 heteroatoms. The molecule has 0 aliphatic carbocycles. The zero-order chi connectivity index (χ0) is 13.9. The Kier molecular flexibility index (Phi) is 4.43. The molecule has 1 amide bonds. The number of rotatable bonds is 4. The van der Waals surface area contributed by atoms with Gasteiger partial charge in [0.05, 0.1) is 6.54 Å². The number of aromatic nitrogens is 2. The lowest BCUT2D eigenvalue weighted by molar-refractivity contribution is -0.127. The number of likely N-dealkylation sites (N-methyl/N-ethyl adjacent to an activating group) is 1. The first kappa shape index (κ1) is 14.2. The summed E-state index contributed by atoms with van der Waals surface area (Å²) < 4.78 is 2.42. The fourth-order valence-electron chi connectivity index (χ4n) is 1.40. The summed E-state index contributed by atoms with van der Waals surface area (Å²) in [5.74, 6) is -0.0659. The van der Waals surface area contributed by atoms with Gasteiger partial charge in [-0.05, 0) is 0 Å². The molecule has 0 radical (unpaired) electrons. The van der Waals surface area contributed by atoms with E-state index in [9.17, 15) is 14.4 Å². The Morgan fingerprint density at radius 2 is 1.89 bits per heavy atom. The molecule has 0 spiro atoms. The van der Waals surface area contributed by atoms with E-state index in [0.29, 0.717) is 12.2 Å². The van der Waals surface area contributed by atoms with Gasteiger partial charge in [0.25, 0.3) is 5.56 Å². The normalized spacial score (nSPS) is 10.4. The second kappa shape index (κ2) is 5.63. The SMILES string of the molecule is CN(C)C(=O)CNCc1cc(=O)n(C)c(=O)n1C. The summed E-state index contributed by atoms with van der Waals surface area (Å²) in [6.45, 7) is 0.456. The van der Waals surface area contributed by atoms with Gasteiger partial charge in [0, 0.05) is 46.5 Å². The average Bonchev–Trinajstić information content (AvgIpc) is 2.32. The number of amides is 1. The van der Waals surface area contributed by atoms with Crippen molar-refractivity contribution >= 4 is 5.91 Å². The van der Waals surface area contributed by atoms with Gasteiger partial charge in [0.1, 0.15) is 0 Å². The fraction of sp³-hybridized carbons (Fsp3) is 0.545. The zero-order valence-electron chi connectivity index (χ0n) is 11.1. The average molecular weight is 254 g/mol. The first-order chi connectivity index (χ1) is 8.34. The third-order valence-electron chi connectivity index (χ3n) is 2.71. The molecule has 1 aromatic heterocycles. The molecule has 0 aliphatic heterocycles. The summed E-state index contributed by atoms with van der Waals surface area (Å²) in [7, 11) is 6.35. The lowest BCUT2D eigenvalue weighted by Crippen LogP contribution is -2.40. The summed E-state index contributed by atoms with van der Waals surface area (Å²) in [6, 6.07) is 1.38. The first-order valence-corrected chi connectivity index (χ1v) is 5.51. The molecule has 0 saturated carbocycles. The van der Waals surface area contributed by atoms with Crippen LogP contribution in [-0.2, 0) is 25.4 Å². The molecule has 100 valence electrons. The molecule has 1 rings (SSSR count). The largest absolute Gasteiger partial charge is 0.348 e. The Morgan fingerprint density at radius 1 is 1.28 bits per heavy atom. The maximum Gasteiger partial charge on any atom is 0.330 e. The fourth-order valence-corrected chi connectivity index (χ4v) is 1.40. The summed E-state index contributed by atoms with van der Waals surface area (Å²) in [5.41, 5.74) is -0.179. The van der Waals surface area contributed by atoms with E-state index in [1.807, 2.05) is 0 Å². The van der Waals surface area contributed by atoms with Crippen LogP contribution in [0.25, 0.3) is 0 Å². The summed E-state index contributed by atoms with van der Waals surface area (Å²) >= 11 is 0. The minimum absolute atomic E-state index is 0.0659. The second-order valence-electron chi connectivity index (χ2n) is 4.27. The van der Waals surface area contributed by atoms with Gasteiger partial charge in [-0.3, -0.25) is 18.7 Å². The van der Waals surface area contributed by atoms with E-state index < -0.39 is 0 Å². The Bertz CT molecular complexity index is 556. The van der Waals surface area contributed by atoms with Crippen LogP contribution in [0, 0.1) is 0 Å².